The van der Waals surface area contributed by atoms with Crippen molar-refractivity contribution in [1.29, 1.82) is 0 Å². The normalized spacial score (nSPS) is 11.7. The molecule has 0 amide bonds. The van der Waals surface area contributed by atoms with Gasteiger partial charge in [-0.25, -0.2) is 18.0 Å². The summed E-state index contributed by atoms with van der Waals surface area (Å²) in [5, 5.41) is -4.79. The molecular weight excluding hydrogens is 779 g/mol. The molecule has 0 heterocycles. The van der Waals surface area contributed by atoms with E-state index in [0.717, 1.165) is 0 Å². The molecule has 7 nitrogen and oxygen atoms in total. The van der Waals surface area contributed by atoms with Gasteiger partial charge in [-0.2, -0.15) is 8.78 Å². The van der Waals surface area contributed by atoms with Crippen molar-refractivity contribution < 1.29 is 40.8 Å². The molecule has 0 unspecified atom stereocenters. The Bertz CT molecular complexity index is 1170. The molecule has 0 aliphatic heterocycles. The summed E-state index contributed by atoms with van der Waals surface area (Å²) < 4.78 is 69.0. The van der Waals surface area contributed by atoms with Crippen LogP contribution in [-0.2, 0) is 14.9 Å². The number of rotatable bonds is 7. The van der Waals surface area contributed by atoms with Crippen LogP contribution < -0.4 is 4.74 Å². The van der Waals surface area contributed by atoms with Gasteiger partial charge in [-0.3, -0.25) is 0 Å². The summed E-state index contributed by atoms with van der Waals surface area (Å²) >= 11 is 5.29. The fourth-order valence-electron chi connectivity index (χ4n) is 2.16. The minimum Gasteiger partial charge on any atom is -0.743 e. The maximum Gasteiger partial charge on any atom is 0.367 e. The van der Waals surface area contributed by atoms with Crippen LogP contribution in [0.4, 0.5) is 8.78 Å². The molecule has 2 aromatic rings. The lowest BCUT2D eigenvalue weighted by molar-refractivity contribution is -0.0101. The Morgan fingerprint density at radius 1 is 1.13 bits per heavy atom. The van der Waals surface area contributed by atoms with Gasteiger partial charge in [0.1, 0.15) is 0 Å². The molecule has 31 heavy (non-hydrogen) atoms. The number of hydrogen-bond donors (Lipinski definition) is 0. The van der Waals surface area contributed by atoms with Crippen molar-refractivity contribution in [2.75, 3.05) is 6.61 Å². The van der Waals surface area contributed by atoms with Crippen LogP contribution in [0.5, 0.6) is 5.75 Å². The summed E-state index contributed by atoms with van der Waals surface area (Å²) in [5.74, 6) is -2.06. The molecule has 0 spiro atoms. The Morgan fingerprint density at radius 3 is 2.32 bits per heavy atom. The lowest BCUT2D eigenvalue weighted by Gasteiger charge is -2.20. The second-order valence-electron chi connectivity index (χ2n) is 5.71. The largest absolute Gasteiger partial charge is 0.743 e. The van der Waals surface area contributed by atoms with Crippen LogP contribution in [-0.4, -0.2) is 36.8 Å². The molecule has 0 aliphatic carbocycles. The fraction of sp³-hybridized carbons (Fsp3) is 0.111. The Kier molecular flexibility index (Phi) is 8.79. The van der Waals surface area contributed by atoms with E-state index in [-0.39, 0.29) is 24.0 Å². The number of alkyl halides is 2. The number of ether oxygens (including phenoxy) is 2. The zero-order chi connectivity index (χ0) is 23.6. The summed E-state index contributed by atoms with van der Waals surface area (Å²) in [7, 11) is -6.01. The molecule has 0 N–H and O–H groups in total. The first-order valence-corrected chi connectivity index (χ1v) is 12.6. The highest BCUT2D eigenvalue weighted by molar-refractivity contribution is 14.1. The smallest absolute Gasteiger partial charge is 0.367 e. The predicted octanol–water partition coefficient (Wildman–Crippen LogP) is 4.66. The summed E-state index contributed by atoms with van der Waals surface area (Å²) in [6.45, 7) is 1.68. The molecule has 0 radical (unpaired) electrons. The van der Waals surface area contributed by atoms with E-state index in [1.807, 2.05) is 22.6 Å². The Labute approximate surface area is 216 Å². The fourth-order valence-corrected chi connectivity index (χ4v) is 6.39. The molecule has 0 atom stereocenters. The van der Waals surface area contributed by atoms with Crippen molar-refractivity contribution in [1.82, 2.24) is 0 Å². The van der Waals surface area contributed by atoms with Crippen molar-refractivity contribution in [2.24, 2.45) is 0 Å². The van der Waals surface area contributed by atoms with Crippen LogP contribution in [0.3, 0.4) is 0 Å². The van der Waals surface area contributed by atoms with E-state index in [9.17, 15) is 31.3 Å². The highest BCUT2D eigenvalue weighted by Crippen LogP contribution is 2.35. The van der Waals surface area contributed by atoms with E-state index in [0.29, 0.717) is 9.13 Å². The molecule has 0 saturated carbocycles. The molecular formula is C18H10F2I3O7S-. The summed E-state index contributed by atoms with van der Waals surface area (Å²) in [4.78, 5) is 25.0. The first kappa shape index (κ1) is 26.3. The first-order valence-electron chi connectivity index (χ1n) is 7.91. The summed E-state index contributed by atoms with van der Waals surface area (Å²) in [5.41, 5.74) is 0.510. The minimum absolute atomic E-state index is 0.0133. The molecule has 0 aromatic heterocycles. The Hall–Kier alpha value is -0.920. The number of carbonyl (C=O) groups is 2. The molecule has 0 fully saturated rings. The molecule has 2 aromatic carbocycles. The quantitative estimate of drug-likeness (QED) is 0.174. The molecule has 0 aliphatic rings. The van der Waals surface area contributed by atoms with Crippen LogP contribution >= 0.6 is 67.8 Å². The molecule has 166 valence electrons. The van der Waals surface area contributed by atoms with Gasteiger partial charge in [0, 0.05) is 3.57 Å². The highest BCUT2D eigenvalue weighted by atomic mass is 127. The van der Waals surface area contributed by atoms with Gasteiger partial charge in [-0.15, -0.1) is 0 Å². The van der Waals surface area contributed by atoms with E-state index < -0.39 is 33.9 Å². The average Bonchev–Trinajstić information content (AvgIpc) is 2.68. The third kappa shape index (κ3) is 6.11. The van der Waals surface area contributed by atoms with Crippen molar-refractivity contribution in [2.45, 2.75) is 5.25 Å². The second kappa shape index (κ2) is 10.3. The van der Waals surface area contributed by atoms with Gasteiger partial charge in [0.05, 0.1) is 18.3 Å². The number of hydrogen-bond acceptors (Lipinski definition) is 7. The van der Waals surface area contributed by atoms with E-state index in [2.05, 4.69) is 11.3 Å². The maximum atomic E-state index is 13.3. The van der Waals surface area contributed by atoms with Gasteiger partial charge < -0.3 is 14.0 Å². The summed E-state index contributed by atoms with van der Waals surface area (Å²) in [6.07, 6.45) is 1.47. The van der Waals surface area contributed by atoms with Crippen LogP contribution in [0.25, 0.3) is 6.08 Å². The van der Waals surface area contributed by atoms with Crippen molar-refractivity contribution >= 4 is 95.9 Å². The van der Waals surface area contributed by atoms with E-state index in [1.165, 1.54) is 18.2 Å². The van der Waals surface area contributed by atoms with Gasteiger partial charge >= 0.3 is 17.2 Å². The number of carbonyl (C=O) groups excluding carboxylic acids is 2. The first-order chi connectivity index (χ1) is 14.3. The third-order valence-electron chi connectivity index (χ3n) is 3.66. The van der Waals surface area contributed by atoms with Gasteiger partial charge in [0.15, 0.2) is 22.5 Å². The number of halogens is 5. The summed E-state index contributed by atoms with van der Waals surface area (Å²) in [6, 6.07) is 7.95. The van der Waals surface area contributed by atoms with E-state index in [4.69, 9.17) is 4.74 Å². The Morgan fingerprint density at radius 2 is 1.74 bits per heavy atom. The maximum absolute atomic E-state index is 13.3. The van der Waals surface area contributed by atoms with E-state index >= 15 is 0 Å². The third-order valence-corrected chi connectivity index (χ3v) is 7.20. The van der Waals surface area contributed by atoms with Gasteiger partial charge in [0.2, 0.25) is 0 Å². The van der Waals surface area contributed by atoms with Crippen LogP contribution in [0.15, 0.2) is 36.9 Å². The van der Waals surface area contributed by atoms with Crippen molar-refractivity contribution in [3.05, 3.63) is 64.3 Å². The van der Waals surface area contributed by atoms with Crippen LogP contribution in [0, 0.1) is 10.7 Å². The van der Waals surface area contributed by atoms with E-state index in [1.54, 1.807) is 63.4 Å². The highest BCUT2D eigenvalue weighted by Gasteiger charge is 2.40. The second-order valence-corrected chi connectivity index (χ2v) is 10.6. The molecule has 0 saturated heterocycles. The zero-order valence-electron chi connectivity index (χ0n) is 15.0. The van der Waals surface area contributed by atoms with Crippen molar-refractivity contribution in [3.63, 3.8) is 0 Å². The number of benzene rings is 2. The molecule has 2 rings (SSSR count). The average molecular weight is 789 g/mol. The van der Waals surface area contributed by atoms with Gasteiger partial charge in [-0.05, 0) is 85.5 Å². The monoisotopic (exact) mass is 789 g/mol. The lowest BCUT2D eigenvalue weighted by atomic mass is 10.1. The molecule has 13 heteroatoms. The SMILES string of the molecule is C=Cc1ccccc1C(=O)Oc1c(I)cc(I)c(C(=O)OCC(F)(F)S(=O)(=O)[O-])c1I. The predicted molar refractivity (Wildman–Crippen MR) is 131 cm³/mol. The topological polar surface area (TPSA) is 110 Å². The van der Waals surface area contributed by atoms with Crippen molar-refractivity contribution in [3.8, 4) is 5.75 Å². The van der Waals surface area contributed by atoms with Crippen LogP contribution in [0.1, 0.15) is 26.3 Å². The standard InChI is InChI=1S/C18H11F2I3O7S/c1-2-9-5-3-4-6-10(9)16(24)30-15-12(22)7-11(21)13(14(15)23)17(25)29-8-18(19,20)31(26,27)28/h2-7H,1,8H2,(H,26,27,28)/p-1. The Balaban J connectivity index is 2.38. The molecule has 0 bridgehead atoms. The van der Waals surface area contributed by atoms with Gasteiger partial charge in [0.25, 0.3) is 0 Å². The number of esters is 2. The van der Waals surface area contributed by atoms with Gasteiger partial charge in [-0.1, -0.05) is 30.9 Å². The lowest BCUT2D eigenvalue weighted by Crippen LogP contribution is -2.35. The minimum atomic E-state index is -6.01. The zero-order valence-corrected chi connectivity index (χ0v) is 22.3. The van der Waals surface area contributed by atoms with Crippen LogP contribution in [0.2, 0.25) is 0 Å².